The molecule has 1 heterocycles. The zero-order valence-corrected chi connectivity index (χ0v) is 10.7. The van der Waals surface area contributed by atoms with Crippen molar-refractivity contribution < 1.29 is 14.2 Å². The van der Waals surface area contributed by atoms with Crippen LogP contribution in [0.5, 0.6) is 0 Å². The molecule has 5 heteroatoms. The van der Waals surface area contributed by atoms with Crippen molar-refractivity contribution in [1.82, 2.24) is 4.90 Å². The van der Waals surface area contributed by atoms with Gasteiger partial charge in [0.2, 0.25) is 0 Å². The van der Waals surface area contributed by atoms with Crippen molar-refractivity contribution in [1.29, 1.82) is 0 Å². The van der Waals surface area contributed by atoms with Gasteiger partial charge in [0.05, 0.1) is 13.2 Å². The minimum atomic E-state index is -0.0113. The Kier molecular flexibility index (Phi) is 7.21. The summed E-state index contributed by atoms with van der Waals surface area (Å²) in [7, 11) is 0.694. The molecule has 0 N–H and O–H groups in total. The fraction of sp³-hybridized carbons (Fsp3) is 1.00. The summed E-state index contributed by atoms with van der Waals surface area (Å²) in [6.07, 6.45) is 1.06. The smallest absolute Gasteiger partial charge is 0.138 e. The minimum absolute atomic E-state index is 0.0113. The number of rotatable bonds is 7. The van der Waals surface area contributed by atoms with Gasteiger partial charge in [0.15, 0.2) is 0 Å². The number of hydrogen-bond acceptors (Lipinski definition) is 4. The Morgan fingerprint density at radius 3 is 2.33 bits per heavy atom. The number of hydrogen-bond donors (Lipinski definition) is 0. The molecule has 1 fully saturated rings. The zero-order valence-electron chi connectivity index (χ0n) is 9.70. The molecule has 0 amide bonds. The predicted octanol–water partition coefficient (Wildman–Crippen LogP) is 0.337. The molecule has 1 rings (SSSR count). The van der Waals surface area contributed by atoms with Crippen LogP contribution >= 0.6 is 0 Å². The van der Waals surface area contributed by atoms with Crippen molar-refractivity contribution in [3.63, 3.8) is 0 Å². The first-order chi connectivity index (χ1) is 7.36. The fourth-order valence-corrected chi connectivity index (χ4v) is 2.72. The summed E-state index contributed by atoms with van der Waals surface area (Å²) >= 11 is 0. The lowest BCUT2D eigenvalue weighted by Crippen LogP contribution is -2.42. The van der Waals surface area contributed by atoms with Crippen LogP contribution in [0, 0.1) is 0 Å². The van der Waals surface area contributed by atoms with Gasteiger partial charge < -0.3 is 19.1 Å². The first-order valence-corrected chi connectivity index (χ1v) is 6.92. The third-order valence-corrected chi connectivity index (χ3v) is 3.52. The van der Waals surface area contributed by atoms with E-state index >= 15 is 0 Å². The molecule has 1 aliphatic heterocycles. The van der Waals surface area contributed by atoms with Crippen LogP contribution in [-0.2, 0) is 14.2 Å². The van der Waals surface area contributed by atoms with Crippen molar-refractivity contribution in [3.05, 3.63) is 0 Å². The van der Waals surface area contributed by atoms with Crippen LogP contribution in [0.15, 0.2) is 0 Å². The maximum absolute atomic E-state index is 5.51. The van der Waals surface area contributed by atoms with Crippen LogP contribution in [0.4, 0.5) is 0 Å². The molecule has 0 bridgehead atoms. The van der Waals surface area contributed by atoms with Gasteiger partial charge in [-0.3, -0.25) is 0 Å². The van der Waals surface area contributed by atoms with Crippen molar-refractivity contribution in [2.75, 3.05) is 45.7 Å². The lowest BCUT2D eigenvalue weighted by atomic mass is 10.5. The Balaban J connectivity index is 2.13. The molecule has 0 aromatic carbocycles. The summed E-state index contributed by atoms with van der Waals surface area (Å²) in [5.74, 6) is -0.0113. The SMILES string of the molecule is CCOC(OCC)[Si]CN1CCOCC1. The van der Waals surface area contributed by atoms with Gasteiger partial charge in [-0.25, -0.2) is 0 Å². The molecule has 4 nitrogen and oxygen atoms in total. The predicted molar refractivity (Wildman–Crippen MR) is 60.1 cm³/mol. The molecule has 0 unspecified atom stereocenters. The van der Waals surface area contributed by atoms with Crippen molar-refractivity contribution in [3.8, 4) is 0 Å². The normalized spacial score (nSPS) is 18.6. The van der Waals surface area contributed by atoms with Crippen LogP contribution in [-0.4, -0.2) is 66.0 Å². The number of ether oxygens (including phenoxy) is 3. The Hall–Kier alpha value is 0.0569. The summed E-state index contributed by atoms with van der Waals surface area (Å²) < 4.78 is 16.3. The summed E-state index contributed by atoms with van der Waals surface area (Å²) in [6, 6.07) is 0. The molecule has 0 aromatic heterocycles. The Labute approximate surface area is 94.7 Å². The highest BCUT2D eigenvalue weighted by Crippen LogP contribution is 1.98. The lowest BCUT2D eigenvalue weighted by Gasteiger charge is -2.27. The van der Waals surface area contributed by atoms with Gasteiger partial charge in [0.1, 0.15) is 15.4 Å². The Morgan fingerprint density at radius 1 is 1.20 bits per heavy atom. The molecular weight excluding hydrogens is 210 g/mol. The van der Waals surface area contributed by atoms with Gasteiger partial charge in [-0.2, -0.15) is 0 Å². The average Bonchev–Trinajstić information content (AvgIpc) is 2.28. The maximum atomic E-state index is 5.51. The standard InChI is InChI=1S/C10H21NO3Si/c1-3-13-10(14-4-2)15-9-11-5-7-12-8-6-11/h10H,3-9H2,1-2H3. The zero-order chi connectivity index (χ0) is 10.9. The number of morpholine rings is 1. The molecule has 0 aliphatic carbocycles. The first kappa shape index (κ1) is 13.1. The third kappa shape index (κ3) is 5.63. The van der Waals surface area contributed by atoms with E-state index in [9.17, 15) is 0 Å². The molecule has 1 aliphatic rings. The van der Waals surface area contributed by atoms with E-state index in [0.29, 0.717) is 9.52 Å². The van der Waals surface area contributed by atoms with E-state index in [1.54, 1.807) is 0 Å². The molecule has 0 atom stereocenters. The van der Waals surface area contributed by atoms with E-state index < -0.39 is 0 Å². The molecular formula is C10H21NO3Si. The highest BCUT2D eigenvalue weighted by atomic mass is 28.2. The fourth-order valence-electron chi connectivity index (χ4n) is 1.43. The van der Waals surface area contributed by atoms with Gasteiger partial charge in [-0.15, -0.1) is 0 Å². The van der Waals surface area contributed by atoms with Crippen LogP contribution in [0.3, 0.4) is 0 Å². The second-order valence-corrected chi connectivity index (χ2v) is 4.53. The molecule has 0 aromatic rings. The number of nitrogens with zero attached hydrogens (tertiary/aromatic N) is 1. The second-order valence-electron chi connectivity index (χ2n) is 3.34. The third-order valence-electron chi connectivity index (χ3n) is 2.22. The topological polar surface area (TPSA) is 30.9 Å². The van der Waals surface area contributed by atoms with Gasteiger partial charge in [-0.1, -0.05) is 0 Å². The van der Waals surface area contributed by atoms with E-state index in [4.69, 9.17) is 14.2 Å². The second kappa shape index (κ2) is 8.24. The molecule has 0 spiro atoms. The van der Waals surface area contributed by atoms with Gasteiger partial charge in [0, 0.05) is 26.3 Å². The van der Waals surface area contributed by atoms with Crippen molar-refractivity contribution >= 4 is 9.52 Å². The van der Waals surface area contributed by atoms with E-state index in [1.807, 2.05) is 13.8 Å². The largest absolute Gasteiger partial charge is 0.379 e. The van der Waals surface area contributed by atoms with Crippen LogP contribution in [0.1, 0.15) is 13.8 Å². The van der Waals surface area contributed by atoms with Crippen LogP contribution < -0.4 is 0 Å². The highest BCUT2D eigenvalue weighted by molar-refractivity contribution is 6.36. The quantitative estimate of drug-likeness (QED) is 0.467. The molecule has 2 radical (unpaired) electrons. The van der Waals surface area contributed by atoms with Gasteiger partial charge >= 0.3 is 0 Å². The monoisotopic (exact) mass is 231 g/mol. The summed E-state index contributed by atoms with van der Waals surface area (Å²) in [5.41, 5.74) is 0. The van der Waals surface area contributed by atoms with Crippen molar-refractivity contribution in [2.24, 2.45) is 0 Å². The molecule has 0 saturated carbocycles. The van der Waals surface area contributed by atoms with E-state index in [0.717, 1.165) is 45.7 Å². The minimum Gasteiger partial charge on any atom is -0.379 e. The average molecular weight is 231 g/mol. The summed E-state index contributed by atoms with van der Waals surface area (Å²) in [6.45, 7) is 9.25. The lowest BCUT2D eigenvalue weighted by molar-refractivity contribution is -0.0837. The van der Waals surface area contributed by atoms with Crippen LogP contribution in [0.25, 0.3) is 0 Å². The summed E-state index contributed by atoms with van der Waals surface area (Å²) in [5, 5.41) is 0. The first-order valence-electron chi connectivity index (χ1n) is 5.63. The maximum Gasteiger partial charge on any atom is 0.138 e. The van der Waals surface area contributed by atoms with Crippen LogP contribution in [0.2, 0.25) is 0 Å². The van der Waals surface area contributed by atoms with Crippen molar-refractivity contribution in [2.45, 2.75) is 19.8 Å². The molecule has 88 valence electrons. The van der Waals surface area contributed by atoms with Gasteiger partial charge in [-0.05, 0) is 20.0 Å². The molecule has 1 saturated heterocycles. The van der Waals surface area contributed by atoms with Gasteiger partial charge in [0.25, 0.3) is 0 Å². The highest BCUT2D eigenvalue weighted by Gasteiger charge is 2.14. The molecule has 15 heavy (non-hydrogen) atoms. The summed E-state index contributed by atoms with van der Waals surface area (Å²) in [4.78, 5) is 2.41. The van der Waals surface area contributed by atoms with E-state index in [2.05, 4.69) is 4.90 Å². The van der Waals surface area contributed by atoms with E-state index in [1.165, 1.54) is 0 Å². The Morgan fingerprint density at radius 2 is 1.80 bits per heavy atom. The van der Waals surface area contributed by atoms with E-state index in [-0.39, 0.29) is 5.91 Å². The Bertz CT molecular complexity index is 148.